The number of nitrogens with one attached hydrogen (secondary N) is 1. The highest BCUT2D eigenvalue weighted by Crippen LogP contribution is 2.23. The lowest BCUT2D eigenvalue weighted by molar-refractivity contribution is 0.0291. The van der Waals surface area contributed by atoms with Crippen LogP contribution in [0.4, 0.5) is 4.79 Å². The molecule has 0 saturated carbocycles. The van der Waals surface area contributed by atoms with Crippen molar-refractivity contribution in [1.29, 1.82) is 0 Å². The zero-order valence-electron chi connectivity index (χ0n) is 14.0. The quantitative estimate of drug-likeness (QED) is 0.796. The highest BCUT2D eigenvalue weighted by atomic mass is 35.5. The van der Waals surface area contributed by atoms with E-state index in [2.05, 4.69) is 15.5 Å². The molecule has 0 spiro atoms. The summed E-state index contributed by atoms with van der Waals surface area (Å²) in [7, 11) is 0. The smallest absolute Gasteiger partial charge is 0.410 e. The van der Waals surface area contributed by atoms with Crippen molar-refractivity contribution in [3.05, 3.63) is 16.4 Å². The summed E-state index contributed by atoms with van der Waals surface area (Å²) in [5, 5.41) is 11.0. The molecule has 0 radical (unpaired) electrons. The van der Waals surface area contributed by atoms with Gasteiger partial charge in [0.2, 0.25) is 0 Å². The third-order valence-corrected chi connectivity index (χ3v) is 3.77. The normalized spacial score (nSPS) is 17.9. The van der Waals surface area contributed by atoms with E-state index in [-0.39, 0.29) is 22.4 Å². The molecule has 1 aromatic heterocycles. The van der Waals surface area contributed by atoms with Crippen LogP contribution in [-0.2, 0) is 4.74 Å². The highest BCUT2D eigenvalue weighted by molar-refractivity contribution is 6.32. The first-order chi connectivity index (χ1) is 11.2. The summed E-state index contributed by atoms with van der Waals surface area (Å²) in [5.41, 5.74) is -0.477. The summed E-state index contributed by atoms with van der Waals surface area (Å²) in [4.78, 5) is 13.7. The molecule has 1 aliphatic rings. The zero-order valence-corrected chi connectivity index (χ0v) is 15.5. The van der Waals surface area contributed by atoms with Gasteiger partial charge < -0.3 is 19.7 Å². The molecule has 7 nitrogen and oxygen atoms in total. The Morgan fingerprint density at radius 1 is 1.42 bits per heavy atom. The molecule has 1 fully saturated rings. The Balaban J connectivity index is 1.69. The van der Waals surface area contributed by atoms with E-state index in [4.69, 9.17) is 32.7 Å². The van der Waals surface area contributed by atoms with Crippen molar-refractivity contribution in [3.8, 4) is 5.75 Å². The molecule has 1 aliphatic heterocycles. The number of likely N-dealkylation sites (tertiary alicyclic amines) is 1. The lowest BCUT2D eigenvalue weighted by atomic mass is 10.2. The largest absolute Gasteiger partial charge is 0.489 e. The van der Waals surface area contributed by atoms with Crippen molar-refractivity contribution >= 4 is 29.3 Å². The van der Waals surface area contributed by atoms with Gasteiger partial charge in [-0.05, 0) is 27.2 Å². The number of nitrogens with zero attached hydrogens (tertiary/aromatic N) is 3. The van der Waals surface area contributed by atoms with E-state index in [0.717, 1.165) is 6.42 Å². The molecule has 24 heavy (non-hydrogen) atoms. The predicted molar refractivity (Wildman–Crippen MR) is 91.8 cm³/mol. The van der Waals surface area contributed by atoms with E-state index in [9.17, 15) is 4.79 Å². The van der Waals surface area contributed by atoms with Gasteiger partial charge in [-0.2, -0.15) is 0 Å². The van der Waals surface area contributed by atoms with Crippen LogP contribution in [0.5, 0.6) is 5.75 Å². The monoisotopic (exact) mass is 376 g/mol. The van der Waals surface area contributed by atoms with Gasteiger partial charge in [-0.25, -0.2) is 4.79 Å². The average Bonchev–Trinajstić information content (AvgIpc) is 2.94. The number of aromatic nitrogens is 2. The van der Waals surface area contributed by atoms with Crippen LogP contribution >= 0.6 is 23.2 Å². The molecule has 134 valence electrons. The fourth-order valence-corrected chi connectivity index (χ4v) is 2.57. The Labute approximate surface area is 151 Å². The van der Waals surface area contributed by atoms with Gasteiger partial charge in [-0.3, -0.25) is 0 Å². The molecule has 2 rings (SSSR count). The molecule has 1 N–H and O–H groups in total. The molecule has 1 saturated heterocycles. The Morgan fingerprint density at radius 3 is 2.88 bits per heavy atom. The Kier molecular flexibility index (Phi) is 6.48. The number of amides is 1. The highest BCUT2D eigenvalue weighted by Gasteiger charge is 2.29. The van der Waals surface area contributed by atoms with E-state index >= 15 is 0 Å². The van der Waals surface area contributed by atoms with Gasteiger partial charge in [0, 0.05) is 31.7 Å². The number of halogens is 2. The summed E-state index contributed by atoms with van der Waals surface area (Å²) in [6.45, 7) is 7.91. The molecular formula is C15H22Cl2N4O3. The van der Waals surface area contributed by atoms with Crippen molar-refractivity contribution in [3.63, 3.8) is 0 Å². The average molecular weight is 377 g/mol. The maximum absolute atomic E-state index is 12.0. The number of carbonyl (C=O) groups is 1. The second-order valence-electron chi connectivity index (χ2n) is 6.54. The van der Waals surface area contributed by atoms with Gasteiger partial charge >= 0.3 is 6.09 Å². The van der Waals surface area contributed by atoms with Crippen molar-refractivity contribution < 1.29 is 14.3 Å². The Hall–Kier alpha value is -1.31. The molecule has 0 aromatic carbocycles. The van der Waals surface area contributed by atoms with E-state index in [0.29, 0.717) is 32.0 Å². The van der Waals surface area contributed by atoms with Gasteiger partial charge in [0.1, 0.15) is 12.2 Å². The van der Waals surface area contributed by atoms with E-state index in [1.165, 1.54) is 6.07 Å². The van der Waals surface area contributed by atoms with Crippen LogP contribution < -0.4 is 10.1 Å². The molecular weight excluding hydrogens is 355 g/mol. The maximum atomic E-state index is 12.0. The summed E-state index contributed by atoms with van der Waals surface area (Å²) >= 11 is 11.6. The summed E-state index contributed by atoms with van der Waals surface area (Å²) in [5.74, 6) is 0.403. The van der Waals surface area contributed by atoms with Gasteiger partial charge in [0.15, 0.2) is 16.1 Å². The number of carbonyl (C=O) groups excluding carboxylic acids is 1. The van der Waals surface area contributed by atoms with Crippen molar-refractivity contribution in [2.75, 3.05) is 26.2 Å². The Bertz CT molecular complexity index is 580. The maximum Gasteiger partial charge on any atom is 0.410 e. The number of rotatable bonds is 5. The molecule has 1 aromatic rings. The topological polar surface area (TPSA) is 76.6 Å². The SMILES string of the molecule is CC(C)(C)OC(=O)N1CC[C@@H](NCCOc2cc(Cl)nnc2Cl)C1. The minimum Gasteiger partial charge on any atom is -0.489 e. The lowest BCUT2D eigenvalue weighted by Crippen LogP contribution is -2.39. The molecule has 1 amide bonds. The summed E-state index contributed by atoms with van der Waals surface area (Å²) in [6, 6.07) is 1.74. The number of hydrogen-bond acceptors (Lipinski definition) is 6. The fourth-order valence-electron chi connectivity index (χ4n) is 2.28. The van der Waals surface area contributed by atoms with Gasteiger partial charge in [0.05, 0.1) is 0 Å². The van der Waals surface area contributed by atoms with Crippen LogP contribution in [0.15, 0.2) is 6.07 Å². The van der Waals surface area contributed by atoms with Crippen LogP contribution in [0, 0.1) is 0 Å². The van der Waals surface area contributed by atoms with Crippen LogP contribution in [0.2, 0.25) is 10.3 Å². The first-order valence-electron chi connectivity index (χ1n) is 7.77. The van der Waals surface area contributed by atoms with E-state index < -0.39 is 5.60 Å². The number of hydrogen-bond donors (Lipinski definition) is 1. The summed E-state index contributed by atoms with van der Waals surface area (Å²) in [6.07, 6.45) is 0.607. The van der Waals surface area contributed by atoms with Gasteiger partial charge in [-0.1, -0.05) is 23.2 Å². The van der Waals surface area contributed by atoms with Crippen LogP contribution in [-0.4, -0.2) is 59.1 Å². The second-order valence-corrected chi connectivity index (χ2v) is 7.28. The molecule has 1 atom stereocenters. The standard InChI is InChI=1S/C15H22Cl2N4O3/c1-15(2,3)24-14(22)21-6-4-10(9-21)18-5-7-23-11-8-12(16)19-20-13(11)17/h8,10,18H,4-7,9H2,1-3H3/t10-/m1/s1. The Morgan fingerprint density at radius 2 is 2.17 bits per heavy atom. The predicted octanol–water partition coefficient (Wildman–Crippen LogP) is 2.76. The third-order valence-electron chi connectivity index (χ3n) is 3.32. The minimum atomic E-state index is -0.477. The molecule has 0 aliphatic carbocycles. The van der Waals surface area contributed by atoms with Crippen LogP contribution in [0.25, 0.3) is 0 Å². The van der Waals surface area contributed by atoms with E-state index in [1.807, 2.05) is 20.8 Å². The van der Waals surface area contributed by atoms with Gasteiger partial charge in [0.25, 0.3) is 0 Å². The first-order valence-corrected chi connectivity index (χ1v) is 8.53. The molecule has 9 heteroatoms. The molecule has 2 heterocycles. The lowest BCUT2D eigenvalue weighted by Gasteiger charge is -2.24. The minimum absolute atomic E-state index is 0.177. The number of ether oxygens (including phenoxy) is 2. The molecule has 0 bridgehead atoms. The van der Waals surface area contributed by atoms with Crippen LogP contribution in [0.3, 0.4) is 0 Å². The second kappa shape index (κ2) is 8.18. The first kappa shape index (κ1) is 19.0. The van der Waals surface area contributed by atoms with Crippen molar-refractivity contribution in [2.45, 2.75) is 38.8 Å². The van der Waals surface area contributed by atoms with E-state index in [1.54, 1.807) is 4.90 Å². The van der Waals surface area contributed by atoms with Crippen molar-refractivity contribution in [2.24, 2.45) is 0 Å². The third kappa shape index (κ3) is 5.96. The van der Waals surface area contributed by atoms with Gasteiger partial charge in [-0.15, -0.1) is 10.2 Å². The zero-order chi connectivity index (χ0) is 17.7. The summed E-state index contributed by atoms with van der Waals surface area (Å²) < 4.78 is 10.9. The van der Waals surface area contributed by atoms with Crippen LogP contribution in [0.1, 0.15) is 27.2 Å². The fraction of sp³-hybridized carbons (Fsp3) is 0.667. The van der Waals surface area contributed by atoms with Crippen molar-refractivity contribution in [1.82, 2.24) is 20.4 Å². The molecule has 0 unspecified atom stereocenters.